The van der Waals surface area contributed by atoms with Crippen molar-refractivity contribution in [2.45, 2.75) is 0 Å². The maximum Gasteiger partial charge on any atom is 0.259 e. The molecule has 2 aromatic carbocycles. The molecule has 2 heterocycles. The van der Waals surface area contributed by atoms with Gasteiger partial charge in [-0.05, 0) is 43.9 Å². The Morgan fingerprint density at radius 2 is 1.76 bits per heavy atom. The highest BCUT2D eigenvalue weighted by Crippen LogP contribution is 2.36. The third kappa shape index (κ3) is 5.44. The minimum Gasteiger partial charge on any atom is -0.497 e. The Labute approximate surface area is 216 Å². The van der Waals surface area contributed by atoms with Crippen LogP contribution in [-0.2, 0) is 7.05 Å². The van der Waals surface area contributed by atoms with Crippen LogP contribution in [0.1, 0.15) is 0 Å². The van der Waals surface area contributed by atoms with E-state index in [1.54, 1.807) is 39.6 Å². The third-order valence-corrected chi connectivity index (χ3v) is 6.24. The van der Waals surface area contributed by atoms with Crippen molar-refractivity contribution in [3.05, 3.63) is 59.0 Å². The maximum absolute atomic E-state index is 13.2. The summed E-state index contributed by atoms with van der Waals surface area (Å²) in [5, 5.41) is 3.93. The first-order valence-corrected chi connectivity index (χ1v) is 11.8. The molecule has 0 saturated heterocycles. The van der Waals surface area contributed by atoms with Gasteiger partial charge in [-0.25, -0.2) is 4.98 Å². The molecule has 0 spiro atoms. The summed E-state index contributed by atoms with van der Waals surface area (Å²) in [5.74, 6) is 1.66. The summed E-state index contributed by atoms with van der Waals surface area (Å²) < 4.78 is 12.4. The van der Waals surface area contributed by atoms with Crippen molar-refractivity contribution < 1.29 is 9.47 Å². The lowest BCUT2D eigenvalue weighted by Crippen LogP contribution is -2.29. The second-order valence-electron chi connectivity index (χ2n) is 9.08. The first-order chi connectivity index (χ1) is 17.7. The summed E-state index contributed by atoms with van der Waals surface area (Å²) in [6, 6.07) is 12.9. The summed E-state index contributed by atoms with van der Waals surface area (Å²) in [6.45, 7) is 1.70. The molecule has 0 radical (unpaired) electrons. The molecule has 10 heteroatoms. The summed E-state index contributed by atoms with van der Waals surface area (Å²) >= 11 is 0. The van der Waals surface area contributed by atoms with E-state index in [1.165, 1.54) is 4.57 Å². The van der Waals surface area contributed by atoms with Crippen LogP contribution in [0.2, 0.25) is 0 Å². The summed E-state index contributed by atoms with van der Waals surface area (Å²) in [6.07, 6.45) is 1.69. The molecule has 0 saturated carbocycles. The van der Waals surface area contributed by atoms with E-state index < -0.39 is 0 Å². The van der Waals surface area contributed by atoms with Crippen LogP contribution >= 0.6 is 0 Å². The van der Waals surface area contributed by atoms with E-state index in [2.05, 4.69) is 25.1 Å². The Bertz CT molecular complexity index is 1470. The van der Waals surface area contributed by atoms with Gasteiger partial charge in [0.05, 0.1) is 31.3 Å². The number of hydrogen-bond donors (Lipinski definition) is 2. The number of pyridine rings is 1. The SMILES string of the molecule is COc1ccc(-c2cc3cnc(Nc4cc(N)c(N(C)CCN(C)C)cc4OC)nc3n(C)c2=O)cc1. The molecule has 194 valence electrons. The van der Waals surface area contributed by atoms with Crippen molar-refractivity contribution in [3.63, 3.8) is 0 Å². The van der Waals surface area contributed by atoms with E-state index in [4.69, 9.17) is 15.2 Å². The van der Waals surface area contributed by atoms with Crippen molar-refractivity contribution in [3.8, 4) is 22.6 Å². The highest BCUT2D eigenvalue weighted by molar-refractivity contribution is 5.83. The van der Waals surface area contributed by atoms with Crippen LogP contribution in [0, 0.1) is 0 Å². The van der Waals surface area contributed by atoms with E-state index in [0.717, 1.165) is 35.5 Å². The number of nitrogens with one attached hydrogen (secondary N) is 1. The minimum atomic E-state index is -0.158. The van der Waals surface area contributed by atoms with Crippen LogP contribution in [0.25, 0.3) is 22.2 Å². The molecule has 0 unspecified atom stereocenters. The number of anilines is 4. The molecular formula is C27H33N7O3. The molecule has 0 aliphatic heterocycles. The molecule has 10 nitrogen and oxygen atoms in total. The fraction of sp³-hybridized carbons (Fsp3) is 0.296. The van der Waals surface area contributed by atoms with Gasteiger partial charge in [0, 0.05) is 50.4 Å². The number of fused-ring (bicyclic) bond motifs is 1. The highest BCUT2D eigenvalue weighted by Gasteiger charge is 2.15. The first kappa shape index (κ1) is 25.8. The molecule has 0 amide bonds. The zero-order valence-electron chi connectivity index (χ0n) is 22.1. The van der Waals surface area contributed by atoms with Crippen molar-refractivity contribution >= 4 is 34.0 Å². The van der Waals surface area contributed by atoms with Crippen LogP contribution in [0.3, 0.4) is 0 Å². The average Bonchev–Trinajstić information content (AvgIpc) is 2.89. The molecule has 4 aromatic rings. The van der Waals surface area contributed by atoms with E-state index >= 15 is 0 Å². The molecule has 0 aliphatic carbocycles. The van der Waals surface area contributed by atoms with Gasteiger partial charge >= 0.3 is 0 Å². The number of ether oxygens (including phenoxy) is 2. The Kier molecular flexibility index (Phi) is 7.49. The van der Waals surface area contributed by atoms with Crippen LogP contribution in [0.15, 0.2) is 53.5 Å². The smallest absolute Gasteiger partial charge is 0.259 e. The zero-order chi connectivity index (χ0) is 26.7. The second-order valence-corrected chi connectivity index (χ2v) is 9.08. The van der Waals surface area contributed by atoms with Crippen molar-refractivity contribution in [1.29, 1.82) is 0 Å². The van der Waals surface area contributed by atoms with Gasteiger partial charge in [0.1, 0.15) is 17.1 Å². The van der Waals surface area contributed by atoms with Crippen LogP contribution in [0.5, 0.6) is 11.5 Å². The summed E-state index contributed by atoms with van der Waals surface area (Å²) in [5.41, 5.74) is 10.2. The van der Waals surface area contributed by atoms with Crippen LogP contribution < -0.4 is 31.0 Å². The number of nitrogens with two attached hydrogens (primary N) is 1. The van der Waals surface area contributed by atoms with Crippen molar-refractivity contribution in [2.24, 2.45) is 7.05 Å². The van der Waals surface area contributed by atoms with Crippen molar-refractivity contribution in [1.82, 2.24) is 19.4 Å². The first-order valence-electron chi connectivity index (χ1n) is 11.8. The number of rotatable bonds is 9. The molecule has 0 aliphatic rings. The third-order valence-electron chi connectivity index (χ3n) is 6.24. The topological polar surface area (TPSA) is 111 Å². The molecule has 0 atom stereocenters. The Balaban J connectivity index is 1.66. The van der Waals surface area contributed by atoms with Crippen LogP contribution in [-0.4, -0.2) is 67.9 Å². The van der Waals surface area contributed by atoms with Gasteiger partial charge in [-0.3, -0.25) is 9.36 Å². The molecule has 0 fully saturated rings. The number of methoxy groups -OCH3 is 2. The van der Waals surface area contributed by atoms with Gasteiger partial charge in [0.15, 0.2) is 0 Å². The Morgan fingerprint density at radius 3 is 2.41 bits per heavy atom. The number of likely N-dealkylation sites (N-methyl/N-ethyl adjacent to an activating group) is 2. The van der Waals surface area contributed by atoms with E-state index in [1.807, 2.05) is 51.5 Å². The van der Waals surface area contributed by atoms with Gasteiger partial charge in [-0.1, -0.05) is 12.1 Å². The quantitative estimate of drug-likeness (QED) is 0.332. The molecule has 4 rings (SSSR count). The standard InChI is InChI=1S/C27H33N7O3/c1-32(2)11-12-33(3)23-15-24(37-6)22(14-21(23)28)30-27-29-16-18-13-20(26(35)34(4)25(18)31-27)17-7-9-19(36-5)10-8-17/h7-10,13-16H,11-12,28H2,1-6H3,(H,29,30,31). The molecule has 37 heavy (non-hydrogen) atoms. The number of benzene rings is 2. The number of aryl methyl sites for hydroxylation is 1. The minimum absolute atomic E-state index is 0.158. The van der Waals surface area contributed by atoms with E-state index in [-0.39, 0.29) is 5.56 Å². The number of nitrogens with zero attached hydrogens (tertiary/aromatic N) is 5. The predicted molar refractivity (Wildman–Crippen MR) is 149 cm³/mol. The van der Waals surface area contributed by atoms with Crippen molar-refractivity contribution in [2.75, 3.05) is 64.4 Å². The normalized spacial score (nSPS) is 11.1. The van der Waals surface area contributed by atoms with Gasteiger partial charge < -0.3 is 30.3 Å². The van der Waals surface area contributed by atoms with Gasteiger partial charge in [0.25, 0.3) is 5.56 Å². The fourth-order valence-corrected chi connectivity index (χ4v) is 4.06. The average molecular weight is 504 g/mol. The zero-order valence-corrected chi connectivity index (χ0v) is 22.1. The fourth-order valence-electron chi connectivity index (χ4n) is 4.06. The predicted octanol–water partition coefficient (Wildman–Crippen LogP) is 3.34. The lowest BCUT2D eigenvalue weighted by Gasteiger charge is -2.24. The van der Waals surface area contributed by atoms with Crippen LogP contribution in [0.4, 0.5) is 23.0 Å². The highest BCUT2D eigenvalue weighted by atomic mass is 16.5. The maximum atomic E-state index is 13.2. The van der Waals surface area contributed by atoms with Gasteiger partial charge in [-0.2, -0.15) is 4.98 Å². The van der Waals surface area contributed by atoms with Gasteiger partial charge in [-0.15, -0.1) is 0 Å². The molecular weight excluding hydrogens is 470 g/mol. The number of aromatic nitrogens is 3. The Morgan fingerprint density at radius 1 is 1.03 bits per heavy atom. The lowest BCUT2D eigenvalue weighted by atomic mass is 10.1. The molecule has 3 N–H and O–H groups in total. The van der Waals surface area contributed by atoms with E-state index in [0.29, 0.717) is 34.3 Å². The number of hydrogen-bond acceptors (Lipinski definition) is 9. The van der Waals surface area contributed by atoms with Gasteiger partial charge in [0.2, 0.25) is 5.95 Å². The molecule has 0 bridgehead atoms. The molecule has 2 aromatic heterocycles. The number of nitrogen functional groups attached to an aromatic ring is 1. The van der Waals surface area contributed by atoms with E-state index in [9.17, 15) is 4.79 Å². The Hall–Kier alpha value is -4.31. The summed E-state index contributed by atoms with van der Waals surface area (Å²) in [4.78, 5) is 26.4. The second kappa shape index (κ2) is 10.8. The largest absolute Gasteiger partial charge is 0.497 e. The lowest BCUT2D eigenvalue weighted by molar-refractivity contribution is 0.413. The summed E-state index contributed by atoms with van der Waals surface area (Å²) in [7, 11) is 11.0. The monoisotopic (exact) mass is 503 g/mol.